The van der Waals surface area contributed by atoms with Gasteiger partial charge in [0.25, 0.3) is 11.8 Å². The second-order valence-electron chi connectivity index (χ2n) is 10.1. The first-order valence-corrected chi connectivity index (χ1v) is 15.0. The Bertz CT molecular complexity index is 1470. The predicted octanol–water partition coefficient (Wildman–Crippen LogP) is 4.26. The highest BCUT2D eigenvalue weighted by Crippen LogP contribution is 2.40. The summed E-state index contributed by atoms with van der Waals surface area (Å²) >= 11 is 1.57. The lowest BCUT2D eigenvalue weighted by Gasteiger charge is -2.29. The number of amides is 2. The van der Waals surface area contributed by atoms with Crippen LogP contribution in [0.15, 0.2) is 58.9 Å². The van der Waals surface area contributed by atoms with Crippen LogP contribution in [0.4, 0.5) is 11.6 Å². The molecule has 11 nitrogen and oxygen atoms in total. The molecule has 222 valence electrons. The molecule has 3 heterocycles. The number of nitrogens with zero attached hydrogens (tertiary/aromatic N) is 4. The second kappa shape index (κ2) is 13.3. The highest BCUT2D eigenvalue weighted by atomic mass is 32.2. The van der Waals surface area contributed by atoms with Crippen molar-refractivity contribution >= 4 is 35.2 Å². The molecule has 1 fully saturated rings. The Morgan fingerprint density at radius 2 is 1.88 bits per heavy atom. The first-order chi connectivity index (χ1) is 20.4. The van der Waals surface area contributed by atoms with E-state index in [1.54, 1.807) is 34.5 Å². The summed E-state index contributed by atoms with van der Waals surface area (Å²) in [5.41, 5.74) is 3.72. The minimum Gasteiger partial charge on any atom is -0.493 e. The maximum atomic E-state index is 13.8. The molecule has 0 spiro atoms. The minimum absolute atomic E-state index is 0.110. The summed E-state index contributed by atoms with van der Waals surface area (Å²) in [7, 11) is 1.55. The largest absolute Gasteiger partial charge is 0.493 e. The summed E-state index contributed by atoms with van der Waals surface area (Å²) in [6, 6.07) is 12.5. The van der Waals surface area contributed by atoms with Crippen LogP contribution in [0.25, 0.3) is 0 Å². The first kappa shape index (κ1) is 29.5. The molecule has 0 saturated carbocycles. The van der Waals surface area contributed by atoms with Crippen LogP contribution in [0, 0.1) is 6.92 Å². The molecule has 2 aromatic carbocycles. The second-order valence-corrected chi connectivity index (χ2v) is 11.2. The van der Waals surface area contributed by atoms with Crippen LogP contribution >= 0.6 is 11.8 Å². The molecule has 1 atom stereocenters. The molecule has 12 heteroatoms. The lowest BCUT2D eigenvalue weighted by molar-refractivity contribution is -0.137. The van der Waals surface area contributed by atoms with Crippen molar-refractivity contribution in [2.75, 3.05) is 56.4 Å². The molecular weight excluding hydrogens is 556 g/mol. The van der Waals surface area contributed by atoms with E-state index in [4.69, 9.17) is 19.3 Å². The number of methoxy groups -OCH3 is 1. The number of hydrogen-bond acceptors (Lipinski definition) is 9. The number of aryl methyl sites for hydroxylation is 1. The third kappa shape index (κ3) is 6.55. The zero-order valence-electron chi connectivity index (χ0n) is 24.3. The molecule has 1 saturated heterocycles. The van der Waals surface area contributed by atoms with Crippen molar-refractivity contribution in [1.82, 2.24) is 19.7 Å². The fourth-order valence-corrected chi connectivity index (χ4v) is 5.52. The third-order valence-corrected chi connectivity index (χ3v) is 8.08. The number of nitrogens with one attached hydrogen (secondary N) is 2. The normalized spacial score (nSPS) is 16.5. The molecule has 2 N–H and O–H groups in total. The maximum absolute atomic E-state index is 13.8. The standard InChI is InChI=1S/C30H36N6O5S/c1-5-16-42-30-33-29-31-20(3)26(28(38)32-22-9-6-19(2)7-10-22)27(36(29)34-30)21-8-11-23(24(17-21)39-4)41-18-25(37)35-12-14-40-15-13-35/h6-11,17,27H,5,12-16,18H2,1-4H3,(H,32,38)(H,31,33,34). The van der Waals surface area contributed by atoms with Crippen molar-refractivity contribution in [2.24, 2.45) is 0 Å². The smallest absolute Gasteiger partial charge is 0.260 e. The number of aromatic nitrogens is 3. The van der Waals surface area contributed by atoms with Gasteiger partial charge < -0.3 is 29.7 Å². The van der Waals surface area contributed by atoms with Gasteiger partial charge in [0.05, 0.1) is 25.9 Å². The van der Waals surface area contributed by atoms with Crippen molar-refractivity contribution in [3.8, 4) is 11.5 Å². The molecule has 0 aliphatic carbocycles. The summed E-state index contributed by atoms with van der Waals surface area (Å²) in [6.07, 6.45) is 0.986. The lowest BCUT2D eigenvalue weighted by Crippen LogP contribution is -2.43. The molecule has 0 radical (unpaired) electrons. The monoisotopic (exact) mass is 592 g/mol. The lowest BCUT2D eigenvalue weighted by atomic mass is 9.94. The van der Waals surface area contributed by atoms with Gasteiger partial charge in [0.2, 0.25) is 11.1 Å². The summed E-state index contributed by atoms with van der Waals surface area (Å²) < 4.78 is 18.6. The molecular formula is C30H36N6O5S. The Morgan fingerprint density at radius 3 is 2.60 bits per heavy atom. The van der Waals surface area contributed by atoms with Gasteiger partial charge in [-0.2, -0.15) is 4.98 Å². The van der Waals surface area contributed by atoms with Gasteiger partial charge >= 0.3 is 0 Å². The van der Waals surface area contributed by atoms with Gasteiger partial charge in [-0.1, -0.05) is 42.4 Å². The Kier molecular flexibility index (Phi) is 9.33. The van der Waals surface area contributed by atoms with E-state index in [1.807, 2.05) is 50.2 Å². The van der Waals surface area contributed by atoms with Gasteiger partial charge in [-0.05, 0) is 50.1 Å². The highest BCUT2D eigenvalue weighted by molar-refractivity contribution is 7.99. The average Bonchev–Trinajstić information content (AvgIpc) is 3.41. The quantitative estimate of drug-likeness (QED) is 0.333. The Balaban J connectivity index is 1.46. The van der Waals surface area contributed by atoms with E-state index in [0.717, 1.165) is 23.3 Å². The molecule has 0 bridgehead atoms. The molecule has 2 amide bonds. The average molecular weight is 593 g/mol. The molecule has 2 aliphatic rings. The van der Waals surface area contributed by atoms with Crippen LogP contribution in [0.3, 0.4) is 0 Å². The number of allylic oxidation sites excluding steroid dienone is 1. The number of fused-ring (bicyclic) bond motifs is 1. The predicted molar refractivity (Wildman–Crippen MR) is 161 cm³/mol. The van der Waals surface area contributed by atoms with Gasteiger partial charge in [0.15, 0.2) is 18.1 Å². The minimum atomic E-state index is -0.590. The van der Waals surface area contributed by atoms with Gasteiger partial charge in [-0.3, -0.25) is 9.59 Å². The number of ether oxygens (including phenoxy) is 3. The fraction of sp³-hybridized carbons (Fsp3) is 0.400. The Labute approximate surface area is 249 Å². The number of carbonyl (C=O) groups is 2. The number of hydrogen-bond donors (Lipinski definition) is 2. The van der Waals surface area contributed by atoms with Crippen LogP contribution in [0.2, 0.25) is 0 Å². The third-order valence-electron chi connectivity index (χ3n) is 7.04. The van der Waals surface area contributed by atoms with E-state index in [1.165, 1.54) is 0 Å². The van der Waals surface area contributed by atoms with Crippen LogP contribution in [-0.2, 0) is 14.3 Å². The van der Waals surface area contributed by atoms with E-state index < -0.39 is 6.04 Å². The SMILES string of the molecule is CCCSc1nc2n(n1)C(c1ccc(OCC(=O)N3CCOCC3)c(OC)c1)C(C(=O)Nc1ccc(C)cc1)=C(C)N2. The summed E-state index contributed by atoms with van der Waals surface area (Å²) in [5.74, 6) is 1.94. The van der Waals surface area contributed by atoms with Crippen molar-refractivity contribution in [2.45, 2.75) is 38.4 Å². The number of benzene rings is 2. The number of carbonyl (C=O) groups excluding carboxylic acids is 2. The molecule has 5 rings (SSSR count). The highest BCUT2D eigenvalue weighted by Gasteiger charge is 2.35. The van der Waals surface area contributed by atoms with Gasteiger partial charge in [-0.15, -0.1) is 5.10 Å². The summed E-state index contributed by atoms with van der Waals surface area (Å²) in [4.78, 5) is 32.9. The van der Waals surface area contributed by atoms with Gasteiger partial charge in [0, 0.05) is 30.2 Å². The van der Waals surface area contributed by atoms with Crippen LogP contribution < -0.4 is 20.1 Å². The van der Waals surface area contributed by atoms with Crippen LogP contribution in [0.5, 0.6) is 11.5 Å². The van der Waals surface area contributed by atoms with E-state index in [9.17, 15) is 9.59 Å². The zero-order chi connectivity index (χ0) is 29.6. The summed E-state index contributed by atoms with van der Waals surface area (Å²) in [5, 5.41) is 11.7. The molecule has 42 heavy (non-hydrogen) atoms. The Hall–Kier alpha value is -4.03. The van der Waals surface area contributed by atoms with E-state index in [2.05, 4.69) is 22.5 Å². The van der Waals surface area contributed by atoms with E-state index in [-0.39, 0.29) is 18.4 Å². The van der Waals surface area contributed by atoms with E-state index in [0.29, 0.717) is 65.9 Å². The number of thioether (sulfide) groups is 1. The number of anilines is 2. The van der Waals surface area contributed by atoms with Crippen molar-refractivity contribution in [3.05, 3.63) is 64.9 Å². The molecule has 1 unspecified atom stereocenters. The van der Waals surface area contributed by atoms with Crippen LogP contribution in [-0.4, -0.2) is 77.3 Å². The fourth-order valence-electron chi connectivity index (χ4n) is 4.84. The number of morpholine rings is 1. The van der Waals surface area contributed by atoms with Crippen molar-refractivity contribution in [3.63, 3.8) is 0 Å². The van der Waals surface area contributed by atoms with E-state index >= 15 is 0 Å². The first-order valence-electron chi connectivity index (χ1n) is 14.0. The van der Waals surface area contributed by atoms with Crippen LogP contribution in [0.1, 0.15) is 37.4 Å². The van der Waals surface area contributed by atoms with Crippen molar-refractivity contribution in [1.29, 1.82) is 0 Å². The Morgan fingerprint density at radius 1 is 1.12 bits per heavy atom. The summed E-state index contributed by atoms with van der Waals surface area (Å²) in [6.45, 7) is 7.99. The number of rotatable bonds is 10. The molecule has 2 aliphatic heterocycles. The van der Waals surface area contributed by atoms with Gasteiger partial charge in [-0.25, -0.2) is 4.68 Å². The molecule has 3 aromatic rings. The topological polar surface area (TPSA) is 120 Å². The van der Waals surface area contributed by atoms with Gasteiger partial charge in [0.1, 0.15) is 6.04 Å². The zero-order valence-corrected chi connectivity index (χ0v) is 25.1. The molecule has 1 aromatic heterocycles. The van der Waals surface area contributed by atoms with Crippen molar-refractivity contribution < 1.29 is 23.8 Å². The maximum Gasteiger partial charge on any atom is 0.260 e.